The minimum Gasteiger partial charge on any atom is -0.373 e. The van der Waals surface area contributed by atoms with Crippen LogP contribution in [0, 0.1) is 0 Å². The SMILES string of the molecule is CC=C(C)C(O)(/C(C)=C\C(F)(F)F)C(F)(F)F. The molecule has 7 heteroatoms. The van der Waals surface area contributed by atoms with Gasteiger partial charge >= 0.3 is 12.4 Å². The molecule has 0 aliphatic carbocycles. The Morgan fingerprint density at radius 3 is 1.59 bits per heavy atom. The second-order valence-corrected chi connectivity index (χ2v) is 3.55. The highest BCUT2D eigenvalue weighted by Crippen LogP contribution is 2.42. The van der Waals surface area contributed by atoms with E-state index in [4.69, 9.17) is 0 Å². The molecule has 0 saturated heterocycles. The van der Waals surface area contributed by atoms with Crippen LogP contribution in [0.15, 0.2) is 23.3 Å². The van der Waals surface area contributed by atoms with Gasteiger partial charge in [-0.25, -0.2) is 0 Å². The van der Waals surface area contributed by atoms with E-state index >= 15 is 0 Å². The molecule has 17 heavy (non-hydrogen) atoms. The van der Waals surface area contributed by atoms with E-state index in [2.05, 4.69) is 0 Å². The molecule has 1 nitrogen and oxygen atoms in total. The van der Waals surface area contributed by atoms with Crippen molar-refractivity contribution < 1.29 is 31.4 Å². The molecule has 0 amide bonds. The Bertz CT molecular complexity index is 336. The second kappa shape index (κ2) is 4.72. The standard InChI is InChI=1S/C10H12F6O/c1-4-6(2)9(17,10(14,15)16)7(3)5-8(11,12)13/h4-5,17H,1-3H3/b6-4?,7-5-. The molecule has 0 aromatic rings. The molecule has 0 aliphatic rings. The Morgan fingerprint density at radius 1 is 0.941 bits per heavy atom. The zero-order valence-electron chi connectivity index (χ0n) is 9.37. The van der Waals surface area contributed by atoms with Gasteiger partial charge < -0.3 is 5.11 Å². The Kier molecular flexibility index (Phi) is 4.44. The third-order valence-corrected chi connectivity index (χ3v) is 2.36. The zero-order chi connectivity index (χ0) is 14.1. The van der Waals surface area contributed by atoms with Gasteiger partial charge in [0.05, 0.1) is 0 Å². The van der Waals surface area contributed by atoms with E-state index in [0.717, 1.165) is 13.0 Å². The summed E-state index contributed by atoms with van der Waals surface area (Å²) in [5, 5.41) is 9.49. The van der Waals surface area contributed by atoms with E-state index in [9.17, 15) is 31.4 Å². The van der Waals surface area contributed by atoms with Gasteiger partial charge in [-0.3, -0.25) is 0 Å². The maximum absolute atomic E-state index is 12.7. The summed E-state index contributed by atoms with van der Waals surface area (Å²) in [4.78, 5) is 0. The van der Waals surface area contributed by atoms with Crippen molar-refractivity contribution in [3.05, 3.63) is 23.3 Å². The molecule has 0 radical (unpaired) electrons. The first-order chi connectivity index (χ1) is 7.36. The molecular formula is C10H12F6O. The van der Waals surface area contributed by atoms with Crippen LogP contribution in [-0.2, 0) is 0 Å². The lowest BCUT2D eigenvalue weighted by molar-refractivity contribution is -0.229. The average molecular weight is 262 g/mol. The molecule has 1 N–H and O–H groups in total. The van der Waals surface area contributed by atoms with Crippen LogP contribution in [-0.4, -0.2) is 23.1 Å². The van der Waals surface area contributed by atoms with Crippen molar-refractivity contribution in [2.45, 2.75) is 38.7 Å². The minimum absolute atomic E-state index is 0.548. The van der Waals surface area contributed by atoms with E-state index < -0.39 is 35.2 Å². The Labute approximate surface area is 94.4 Å². The molecule has 0 saturated carbocycles. The lowest BCUT2D eigenvalue weighted by Crippen LogP contribution is -2.47. The van der Waals surface area contributed by atoms with Crippen LogP contribution < -0.4 is 0 Å². The molecule has 0 spiro atoms. The summed E-state index contributed by atoms with van der Waals surface area (Å²) >= 11 is 0. The Hall–Kier alpha value is -0.980. The average Bonchev–Trinajstić information content (AvgIpc) is 2.10. The van der Waals surface area contributed by atoms with Gasteiger partial charge in [-0.05, 0) is 31.9 Å². The summed E-state index contributed by atoms with van der Waals surface area (Å²) in [6, 6.07) is 0. The molecule has 0 bridgehead atoms. The lowest BCUT2D eigenvalue weighted by atomic mass is 9.86. The van der Waals surface area contributed by atoms with E-state index in [0.29, 0.717) is 6.92 Å². The molecule has 1 unspecified atom stereocenters. The maximum Gasteiger partial charge on any atom is 0.425 e. The predicted molar refractivity (Wildman–Crippen MR) is 50.2 cm³/mol. The highest BCUT2D eigenvalue weighted by atomic mass is 19.4. The molecule has 0 aromatic carbocycles. The van der Waals surface area contributed by atoms with Crippen LogP contribution in [0.4, 0.5) is 26.3 Å². The number of hydrogen-bond acceptors (Lipinski definition) is 1. The summed E-state index contributed by atoms with van der Waals surface area (Å²) in [7, 11) is 0. The van der Waals surface area contributed by atoms with Crippen molar-refractivity contribution >= 4 is 0 Å². The van der Waals surface area contributed by atoms with Crippen LogP contribution >= 0.6 is 0 Å². The molecule has 1 atom stereocenters. The van der Waals surface area contributed by atoms with E-state index in [1.807, 2.05) is 0 Å². The lowest BCUT2D eigenvalue weighted by Gasteiger charge is -2.32. The number of halogens is 6. The van der Waals surface area contributed by atoms with Gasteiger partial charge in [-0.15, -0.1) is 0 Å². The van der Waals surface area contributed by atoms with Crippen LogP contribution in [0.3, 0.4) is 0 Å². The maximum atomic E-state index is 12.7. The van der Waals surface area contributed by atoms with Crippen LogP contribution in [0.1, 0.15) is 20.8 Å². The third kappa shape index (κ3) is 3.49. The van der Waals surface area contributed by atoms with E-state index in [1.54, 1.807) is 0 Å². The van der Waals surface area contributed by atoms with Gasteiger partial charge in [-0.1, -0.05) is 6.08 Å². The third-order valence-electron chi connectivity index (χ3n) is 2.36. The summed E-state index contributed by atoms with van der Waals surface area (Å²) in [5.74, 6) is 0. The van der Waals surface area contributed by atoms with Crippen LogP contribution in [0.5, 0.6) is 0 Å². The normalized spacial score (nSPS) is 19.2. The number of aliphatic hydroxyl groups is 1. The van der Waals surface area contributed by atoms with E-state index in [-0.39, 0.29) is 0 Å². The van der Waals surface area contributed by atoms with Crippen molar-refractivity contribution in [1.29, 1.82) is 0 Å². The smallest absolute Gasteiger partial charge is 0.373 e. The first-order valence-electron chi connectivity index (χ1n) is 4.55. The fourth-order valence-electron chi connectivity index (χ4n) is 1.32. The van der Waals surface area contributed by atoms with Gasteiger partial charge in [0.15, 0.2) is 0 Å². The number of hydrogen-bond donors (Lipinski definition) is 1. The quantitative estimate of drug-likeness (QED) is 0.593. The van der Waals surface area contributed by atoms with Crippen molar-refractivity contribution in [1.82, 2.24) is 0 Å². The molecule has 0 aliphatic heterocycles. The second-order valence-electron chi connectivity index (χ2n) is 3.55. The monoisotopic (exact) mass is 262 g/mol. The number of alkyl halides is 6. The highest BCUT2D eigenvalue weighted by molar-refractivity contribution is 5.33. The summed E-state index contributed by atoms with van der Waals surface area (Å²) in [5.41, 5.74) is -5.41. The Balaban J connectivity index is 5.77. The highest BCUT2D eigenvalue weighted by Gasteiger charge is 2.56. The first kappa shape index (κ1) is 16.0. The van der Waals surface area contributed by atoms with Gasteiger partial charge in [0.1, 0.15) is 0 Å². The van der Waals surface area contributed by atoms with Crippen LogP contribution in [0.2, 0.25) is 0 Å². The summed E-state index contributed by atoms with van der Waals surface area (Å²) in [6.07, 6.45) is -9.76. The molecular weight excluding hydrogens is 250 g/mol. The van der Waals surface area contributed by atoms with Gasteiger partial charge in [0, 0.05) is 6.08 Å². The fraction of sp³-hybridized carbons (Fsp3) is 0.600. The fourth-order valence-corrected chi connectivity index (χ4v) is 1.32. The topological polar surface area (TPSA) is 20.2 Å². The summed E-state index contributed by atoms with van der Waals surface area (Å²) < 4.78 is 74.1. The summed E-state index contributed by atoms with van der Waals surface area (Å²) in [6.45, 7) is 2.71. The first-order valence-corrected chi connectivity index (χ1v) is 4.55. The van der Waals surface area contributed by atoms with Crippen molar-refractivity contribution in [3.8, 4) is 0 Å². The van der Waals surface area contributed by atoms with Gasteiger partial charge in [0.2, 0.25) is 5.60 Å². The molecule has 0 aromatic heterocycles. The molecule has 0 rings (SSSR count). The zero-order valence-corrected chi connectivity index (χ0v) is 9.37. The minimum atomic E-state index is -5.21. The van der Waals surface area contributed by atoms with E-state index in [1.165, 1.54) is 6.92 Å². The molecule has 100 valence electrons. The number of rotatable bonds is 2. The van der Waals surface area contributed by atoms with Crippen molar-refractivity contribution in [2.24, 2.45) is 0 Å². The molecule has 0 fully saturated rings. The predicted octanol–water partition coefficient (Wildman–Crippen LogP) is 3.75. The van der Waals surface area contributed by atoms with Crippen molar-refractivity contribution in [3.63, 3.8) is 0 Å². The Morgan fingerprint density at radius 2 is 1.35 bits per heavy atom. The number of allylic oxidation sites excluding steroid dienone is 2. The molecule has 0 heterocycles. The van der Waals surface area contributed by atoms with Gasteiger partial charge in [0.25, 0.3) is 0 Å². The van der Waals surface area contributed by atoms with Gasteiger partial charge in [-0.2, -0.15) is 26.3 Å². The largest absolute Gasteiger partial charge is 0.425 e. The van der Waals surface area contributed by atoms with Crippen LogP contribution in [0.25, 0.3) is 0 Å². The van der Waals surface area contributed by atoms with Crippen molar-refractivity contribution in [2.75, 3.05) is 0 Å².